The largest absolute Gasteiger partial charge is 0.381 e. The highest BCUT2D eigenvalue weighted by atomic mass is 35.5. The molecule has 3 aromatic rings. The third kappa shape index (κ3) is 3.91. The molecule has 0 saturated carbocycles. The molecule has 1 aromatic carbocycles. The van der Waals surface area contributed by atoms with E-state index in [0.717, 1.165) is 41.7 Å². The number of nitriles is 1. The number of pyridine rings is 1. The first-order valence-corrected chi connectivity index (χ1v) is 10.8. The van der Waals surface area contributed by atoms with Crippen LogP contribution in [-0.2, 0) is 0 Å². The molecule has 2 aromatic heterocycles. The Labute approximate surface area is 186 Å². The van der Waals surface area contributed by atoms with Crippen LogP contribution in [0.4, 0.5) is 11.4 Å². The summed E-state index contributed by atoms with van der Waals surface area (Å²) in [5.41, 5.74) is 8.97. The number of carbonyl (C=O) groups is 1. The van der Waals surface area contributed by atoms with Crippen LogP contribution in [0.3, 0.4) is 0 Å². The van der Waals surface area contributed by atoms with E-state index in [1.807, 2.05) is 18.2 Å². The fraction of sp³-hybridized carbons (Fsp3) is 0.348. The average Bonchev–Trinajstić information content (AvgIpc) is 3.23. The molecule has 1 aliphatic rings. The lowest BCUT2D eigenvalue weighted by atomic mass is 9.89. The van der Waals surface area contributed by atoms with E-state index < -0.39 is 5.91 Å². The fourth-order valence-corrected chi connectivity index (χ4v) is 4.96. The number of H-pyrrole nitrogens is 1. The van der Waals surface area contributed by atoms with Gasteiger partial charge in [0.2, 0.25) is 0 Å². The molecular weight excluding hydrogens is 412 g/mol. The van der Waals surface area contributed by atoms with Gasteiger partial charge >= 0.3 is 0 Å². The van der Waals surface area contributed by atoms with Crippen LogP contribution in [0.2, 0.25) is 5.02 Å². The van der Waals surface area contributed by atoms with Crippen molar-refractivity contribution in [3.05, 3.63) is 52.8 Å². The van der Waals surface area contributed by atoms with Crippen LogP contribution in [0.25, 0.3) is 11.0 Å². The number of halogens is 1. The van der Waals surface area contributed by atoms with Crippen molar-refractivity contribution in [2.75, 3.05) is 10.2 Å². The summed E-state index contributed by atoms with van der Waals surface area (Å²) in [6, 6.07) is 10.1. The van der Waals surface area contributed by atoms with Crippen LogP contribution in [0.5, 0.6) is 0 Å². The predicted octanol–water partition coefficient (Wildman–Crippen LogP) is 4.43. The van der Waals surface area contributed by atoms with Gasteiger partial charge in [-0.25, -0.2) is 4.98 Å². The number of fused-ring (bicyclic) bond motifs is 1. The molecule has 1 aliphatic heterocycles. The molecule has 3 atom stereocenters. The Hall–Kier alpha value is -3.24. The molecule has 3 heterocycles. The van der Waals surface area contributed by atoms with E-state index in [9.17, 15) is 4.79 Å². The van der Waals surface area contributed by atoms with Crippen molar-refractivity contribution < 1.29 is 4.79 Å². The number of hydrogen-bond acceptors (Lipinski definition) is 5. The minimum Gasteiger partial charge on any atom is -0.381 e. The number of benzene rings is 1. The van der Waals surface area contributed by atoms with Gasteiger partial charge in [-0.1, -0.05) is 18.5 Å². The monoisotopic (exact) mass is 436 g/mol. The maximum atomic E-state index is 12.0. The first kappa shape index (κ1) is 21.0. The maximum Gasteiger partial charge on any atom is 0.252 e. The number of aromatic nitrogens is 2. The standard InChI is InChI=1S/C23H25ClN6O/c1-3-16-10-15(8-13(2)30(16)20-5-4-14(11-25)9-19(20)24)29-21-17-6-7-27-23(17)28-12-18(21)22(26)31/h4-7,9,12-13,15-16H,3,8,10H2,1-2H3,(H2,26,31)(H2,27,28,29)/t13-,15-,16+/m0/s1. The fourth-order valence-electron chi connectivity index (χ4n) is 4.68. The third-order valence-electron chi connectivity index (χ3n) is 6.08. The molecule has 4 N–H and O–H groups in total. The summed E-state index contributed by atoms with van der Waals surface area (Å²) in [7, 11) is 0. The maximum absolute atomic E-state index is 12.0. The van der Waals surface area contributed by atoms with Gasteiger partial charge in [-0.15, -0.1) is 0 Å². The van der Waals surface area contributed by atoms with Crippen molar-refractivity contribution in [2.45, 2.75) is 51.2 Å². The minimum atomic E-state index is -0.500. The number of anilines is 2. The first-order valence-electron chi connectivity index (χ1n) is 10.4. The van der Waals surface area contributed by atoms with Gasteiger partial charge in [-0.05, 0) is 50.5 Å². The number of hydrogen-bond donors (Lipinski definition) is 3. The zero-order valence-electron chi connectivity index (χ0n) is 17.5. The van der Waals surface area contributed by atoms with E-state index >= 15 is 0 Å². The van der Waals surface area contributed by atoms with E-state index in [4.69, 9.17) is 22.6 Å². The molecule has 31 heavy (non-hydrogen) atoms. The topological polar surface area (TPSA) is 111 Å². The van der Waals surface area contributed by atoms with Crippen molar-refractivity contribution in [1.29, 1.82) is 5.26 Å². The van der Waals surface area contributed by atoms with Crippen molar-refractivity contribution in [3.63, 3.8) is 0 Å². The lowest BCUT2D eigenvalue weighted by Crippen LogP contribution is -2.51. The van der Waals surface area contributed by atoms with E-state index in [1.54, 1.807) is 12.3 Å². The highest BCUT2D eigenvalue weighted by Gasteiger charge is 2.34. The average molecular weight is 437 g/mol. The van der Waals surface area contributed by atoms with Gasteiger partial charge in [0, 0.05) is 35.9 Å². The van der Waals surface area contributed by atoms with Crippen LogP contribution in [0.15, 0.2) is 36.7 Å². The molecule has 160 valence electrons. The van der Waals surface area contributed by atoms with Crippen LogP contribution < -0.4 is 16.0 Å². The molecule has 0 spiro atoms. The second-order valence-electron chi connectivity index (χ2n) is 8.06. The van der Waals surface area contributed by atoms with E-state index in [1.165, 1.54) is 6.20 Å². The van der Waals surface area contributed by atoms with E-state index in [2.05, 4.69) is 40.1 Å². The van der Waals surface area contributed by atoms with Gasteiger partial charge in [-0.2, -0.15) is 5.26 Å². The Morgan fingerprint density at radius 2 is 2.23 bits per heavy atom. The zero-order valence-corrected chi connectivity index (χ0v) is 18.3. The smallest absolute Gasteiger partial charge is 0.252 e. The Morgan fingerprint density at radius 1 is 1.42 bits per heavy atom. The van der Waals surface area contributed by atoms with Crippen molar-refractivity contribution in [3.8, 4) is 6.07 Å². The summed E-state index contributed by atoms with van der Waals surface area (Å²) in [6.07, 6.45) is 6.01. The summed E-state index contributed by atoms with van der Waals surface area (Å²) in [6.45, 7) is 4.34. The van der Waals surface area contributed by atoms with Gasteiger partial charge in [0.15, 0.2) is 0 Å². The quantitative estimate of drug-likeness (QED) is 0.547. The number of nitrogens with one attached hydrogen (secondary N) is 2. The molecule has 1 amide bonds. The molecule has 1 fully saturated rings. The molecule has 0 aliphatic carbocycles. The number of primary amides is 1. The van der Waals surface area contributed by atoms with Crippen molar-refractivity contribution in [1.82, 2.24) is 9.97 Å². The number of piperidine rings is 1. The minimum absolute atomic E-state index is 0.159. The number of amides is 1. The van der Waals surface area contributed by atoms with Gasteiger partial charge in [0.25, 0.3) is 5.91 Å². The van der Waals surface area contributed by atoms with Gasteiger partial charge in [0.05, 0.1) is 33.6 Å². The highest BCUT2D eigenvalue weighted by molar-refractivity contribution is 6.33. The normalized spacial score (nSPS) is 21.1. The van der Waals surface area contributed by atoms with Crippen LogP contribution >= 0.6 is 11.6 Å². The Bertz CT molecular complexity index is 1170. The third-order valence-corrected chi connectivity index (χ3v) is 6.38. The molecule has 0 bridgehead atoms. The molecule has 0 unspecified atom stereocenters. The Kier molecular flexibility index (Phi) is 5.75. The van der Waals surface area contributed by atoms with Crippen LogP contribution in [0.1, 0.15) is 49.0 Å². The summed E-state index contributed by atoms with van der Waals surface area (Å²) in [5, 5.41) is 14.2. The van der Waals surface area contributed by atoms with Gasteiger partial charge < -0.3 is 20.9 Å². The number of rotatable bonds is 5. The molecule has 4 rings (SSSR count). The Balaban J connectivity index is 1.63. The summed E-state index contributed by atoms with van der Waals surface area (Å²) < 4.78 is 0. The summed E-state index contributed by atoms with van der Waals surface area (Å²) in [5.74, 6) is -0.500. The van der Waals surface area contributed by atoms with Crippen molar-refractivity contribution in [2.24, 2.45) is 5.73 Å². The van der Waals surface area contributed by atoms with Crippen LogP contribution in [-0.4, -0.2) is 34.0 Å². The molecule has 8 heteroatoms. The molecule has 0 radical (unpaired) electrons. The number of carbonyl (C=O) groups excluding carboxylic acids is 1. The number of nitrogens with two attached hydrogens (primary N) is 1. The van der Waals surface area contributed by atoms with E-state index in [0.29, 0.717) is 16.1 Å². The Morgan fingerprint density at radius 3 is 2.90 bits per heavy atom. The molecular formula is C23H25ClN6O. The van der Waals surface area contributed by atoms with Gasteiger partial charge in [0.1, 0.15) is 5.65 Å². The van der Waals surface area contributed by atoms with Crippen LogP contribution in [0, 0.1) is 11.3 Å². The SMILES string of the molecule is CC[C@@H]1C[C@@H](Nc2c(C(N)=O)cnc3[nH]ccc23)C[C@H](C)N1c1ccc(C#N)cc1Cl. The van der Waals surface area contributed by atoms with Gasteiger partial charge in [-0.3, -0.25) is 4.79 Å². The second kappa shape index (κ2) is 8.48. The lowest BCUT2D eigenvalue weighted by molar-refractivity contribution is 0.100. The highest BCUT2D eigenvalue weighted by Crippen LogP contribution is 2.37. The lowest BCUT2D eigenvalue weighted by Gasteiger charge is -2.46. The molecule has 7 nitrogen and oxygen atoms in total. The molecule has 1 saturated heterocycles. The zero-order chi connectivity index (χ0) is 22.1. The summed E-state index contributed by atoms with van der Waals surface area (Å²) >= 11 is 6.53. The predicted molar refractivity (Wildman–Crippen MR) is 123 cm³/mol. The first-order chi connectivity index (χ1) is 14.9. The number of aromatic amines is 1. The second-order valence-corrected chi connectivity index (χ2v) is 8.47. The van der Waals surface area contributed by atoms with E-state index in [-0.39, 0.29) is 18.1 Å². The van der Waals surface area contributed by atoms with Crippen molar-refractivity contribution >= 4 is 39.9 Å². The number of nitrogens with zero attached hydrogens (tertiary/aromatic N) is 3. The summed E-state index contributed by atoms with van der Waals surface area (Å²) in [4.78, 5) is 21.8.